The Bertz CT molecular complexity index is 1620. The van der Waals surface area contributed by atoms with Crippen molar-refractivity contribution in [3.05, 3.63) is 60.2 Å². The van der Waals surface area contributed by atoms with Crippen LogP contribution in [0.2, 0.25) is 0 Å². The number of nitrogens with one attached hydrogen (secondary N) is 1. The number of aryl methyl sites for hydroxylation is 2. The second kappa shape index (κ2) is 11.7. The molecule has 0 bridgehead atoms. The van der Waals surface area contributed by atoms with E-state index in [1.807, 2.05) is 0 Å². The maximum atomic E-state index is 12.6. The lowest BCUT2D eigenvalue weighted by molar-refractivity contribution is -0.115. The van der Waals surface area contributed by atoms with Gasteiger partial charge in [0.05, 0.1) is 36.1 Å². The van der Waals surface area contributed by atoms with Crippen LogP contribution >= 0.6 is 0 Å². The van der Waals surface area contributed by atoms with Gasteiger partial charge in [0.15, 0.2) is 0 Å². The largest absolute Gasteiger partial charge is 0.491 e. The Balaban J connectivity index is 0.000000165. The third kappa shape index (κ3) is 5.83. The molecule has 2 aliphatic heterocycles. The van der Waals surface area contributed by atoms with Gasteiger partial charge in [0, 0.05) is 33.6 Å². The van der Waals surface area contributed by atoms with E-state index in [2.05, 4.69) is 25.9 Å². The van der Waals surface area contributed by atoms with Crippen molar-refractivity contribution in [3.63, 3.8) is 0 Å². The van der Waals surface area contributed by atoms with Gasteiger partial charge in [-0.25, -0.2) is 9.36 Å². The fourth-order valence-electron chi connectivity index (χ4n) is 4.50. The number of hydrogen-bond donors (Lipinski definition) is 1. The van der Waals surface area contributed by atoms with E-state index >= 15 is 0 Å². The minimum atomic E-state index is -0.259. The standard InChI is InChI=1S/C13H12BN5O2.C13H13BN4O2/c1-18-11(7-15-17-18)13(21)19-5-4-12(20)16-9-6-8(14)2-3-10(9)19;1-17-11(8-15-16-17)13(19)18-5-2-6-20-12-7-9(14)3-4-10(12)18/h2-3,6-7H,4-5H2,1H3,(H,16,20);3-4,7-8H,2,5-6H2,1H3. The molecular formula is C26H25B2N9O4. The number of carbonyl (C=O) groups excluding carboxylic acids is 3. The van der Waals surface area contributed by atoms with Gasteiger partial charge in [0.1, 0.15) is 32.8 Å². The second-order valence-corrected chi connectivity index (χ2v) is 9.40. The lowest BCUT2D eigenvalue weighted by atomic mass is 9.95. The van der Waals surface area contributed by atoms with E-state index in [1.54, 1.807) is 55.4 Å². The predicted octanol–water partition coefficient (Wildman–Crippen LogP) is -0.364. The van der Waals surface area contributed by atoms with E-state index in [9.17, 15) is 14.4 Å². The number of ether oxygens (including phenoxy) is 1. The zero-order valence-electron chi connectivity index (χ0n) is 22.5. The lowest BCUT2D eigenvalue weighted by Gasteiger charge is -2.22. The Labute approximate surface area is 238 Å². The lowest BCUT2D eigenvalue weighted by Crippen LogP contribution is -2.33. The molecule has 4 heterocycles. The van der Waals surface area contributed by atoms with Crippen LogP contribution in [0, 0.1) is 0 Å². The molecule has 2 aliphatic rings. The van der Waals surface area contributed by atoms with Gasteiger partial charge in [-0.05, 0) is 30.7 Å². The molecule has 0 atom stereocenters. The van der Waals surface area contributed by atoms with Crippen molar-refractivity contribution in [1.82, 2.24) is 30.0 Å². The molecule has 15 heteroatoms. The minimum Gasteiger partial charge on any atom is -0.491 e. The second-order valence-electron chi connectivity index (χ2n) is 9.40. The van der Waals surface area contributed by atoms with E-state index in [-0.39, 0.29) is 30.7 Å². The number of carbonyl (C=O) groups is 3. The number of benzene rings is 2. The molecule has 4 aromatic rings. The summed E-state index contributed by atoms with van der Waals surface area (Å²) in [5.41, 5.74) is 3.79. The molecule has 1 N–H and O–H groups in total. The summed E-state index contributed by atoms with van der Waals surface area (Å²) >= 11 is 0. The van der Waals surface area contributed by atoms with Crippen LogP contribution in [-0.2, 0) is 18.9 Å². The van der Waals surface area contributed by atoms with E-state index in [4.69, 9.17) is 20.4 Å². The summed E-state index contributed by atoms with van der Waals surface area (Å²) < 4.78 is 8.51. The van der Waals surface area contributed by atoms with Crippen molar-refractivity contribution in [3.8, 4) is 5.75 Å². The molecule has 0 unspecified atom stereocenters. The third-order valence-electron chi connectivity index (χ3n) is 6.56. The Morgan fingerprint density at radius 2 is 1.44 bits per heavy atom. The Morgan fingerprint density at radius 1 is 0.854 bits per heavy atom. The first-order valence-corrected chi connectivity index (χ1v) is 12.8. The van der Waals surface area contributed by atoms with Crippen LogP contribution in [0.4, 0.5) is 17.1 Å². The molecule has 0 spiro atoms. The van der Waals surface area contributed by atoms with Crippen LogP contribution in [-0.4, -0.2) is 83.1 Å². The van der Waals surface area contributed by atoms with Gasteiger partial charge in [0.2, 0.25) is 5.91 Å². The average Bonchev–Trinajstić information content (AvgIpc) is 3.46. The number of nitrogens with zero attached hydrogens (tertiary/aromatic N) is 8. The molecule has 13 nitrogen and oxygen atoms in total. The number of fused-ring (bicyclic) bond motifs is 2. The van der Waals surface area contributed by atoms with Gasteiger partial charge in [-0.15, -0.1) is 10.2 Å². The molecule has 2 aromatic carbocycles. The molecule has 204 valence electrons. The van der Waals surface area contributed by atoms with Crippen LogP contribution in [0.3, 0.4) is 0 Å². The molecule has 3 amide bonds. The summed E-state index contributed by atoms with van der Waals surface area (Å²) in [6.07, 6.45) is 3.84. The highest BCUT2D eigenvalue weighted by molar-refractivity contribution is 6.33. The smallest absolute Gasteiger partial charge is 0.278 e. The van der Waals surface area contributed by atoms with Gasteiger partial charge in [-0.2, -0.15) is 0 Å². The molecular weight excluding hydrogens is 524 g/mol. The summed E-state index contributed by atoms with van der Waals surface area (Å²) in [5.74, 6) is 0.0744. The van der Waals surface area contributed by atoms with Crippen molar-refractivity contribution < 1.29 is 19.1 Å². The molecule has 6 rings (SSSR count). The van der Waals surface area contributed by atoms with E-state index < -0.39 is 0 Å². The topological polar surface area (TPSA) is 140 Å². The number of anilines is 3. The summed E-state index contributed by atoms with van der Waals surface area (Å²) in [5, 5.41) is 17.8. The third-order valence-corrected chi connectivity index (χ3v) is 6.56. The van der Waals surface area contributed by atoms with Crippen molar-refractivity contribution in [2.45, 2.75) is 12.8 Å². The fourth-order valence-corrected chi connectivity index (χ4v) is 4.50. The number of rotatable bonds is 2. The highest BCUT2D eigenvalue weighted by Gasteiger charge is 2.27. The quantitative estimate of drug-likeness (QED) is 0.335. The zero-order valence-corrected chi connectivity index (χ0v) is 22.5. The van der Waals surface area contributed by atoms with Crippen molar-refractivity contribution in [2.75, 3.05) is 34.8 Å². The maximum absolute atomic E-state index is 12.6. The average molecular weight is 549 g/mol. The van der Waals surface area contributed by atoms with E-state index in [1.165, 1.54) is 26.7 Å². The monoisotopic (exact) mass is 549 g/mol. The molecule has 41 heavy (non-hydrogen) atoms. The van der Waals surface area contributed by atoms with Gasteiger partial charge in [-0.1, -0.05) is 33.5 Å². The highest BCUT2D eigenvalue weighted by Crippen LogP contribution is 2.31. The molecule has 0 aliphatic carbocycles. The molecule has 0 fully saturated rings. The van der Waals surface area contributed by atoms with E-state index in [0.29, 0.717) is 52.6 Å². The Hall–Kier alpha value is -4.94. The molecule has 2 aromatic heterocycles. The summed E-state index contributed by atoms with van der Waals surface area (Å²) in [4.78, 5) is 40.2. The van der Waals surface area contributed by atoms with Crippen molar-refractivity contribution in [1.29, 1.82) is 0 Å². The van der Waals surface area contributed by atoms with Crippen molar-refractivity contribution >= 4 is 61.4 Å². The van der Waals surface area contributed by atoms with Gasteiger partial charge < -0.3 is 19.9 Å². The SMILES string of the molecule is [B]c1ccc2c(c1)NC(=O)CCN2C(=O)c1cnnn1C.[B]c1ccc2c(c1)OCCCN2C(=O)c1cnnn1C. The van der Waals surface area contributed by atoms with Gasteiger partial charge in [0.25, 0.3) is 11.8 Å². The Kier molecular flexibility index (Phi) is 7.86. The molecule has 0 saturated carbocycles. The Morgan fingerprint density at radius 3 is 2.05 bits per heavy atom. The minimum absolute atomic E-state index is 0.144. The first kappa shape index (κ1) is 27.6. The normalized spacial score (nSPS) is 14.3. The maximum Gasteiger partial charge on any atom is 0.278 e. The van der Waals surface area contributed by atoms with Crippen molar-refractivity contribution in [2.24, 2.45) is 14.1 Å². The van der Waals surface area contributed by atoms with Crippen LogP contribution in [0.25, 0.3) is 0 Å². The zero-order chi connectivity index (χ0) is 29.1. The summed E-state index contributed by atoms with van der Waals surface area (Å²) in [7, 11) is 14.8. The number of amides is 3. The summed E-state index contributed by atoms with van der Waals surface area (Å²) in [6, 6.07) is 10.4. The predicted molar refractivity (Wildman–Crippen MR) is 152 cm³/mol. The van der Waals surface area contributed by atoms with Crippen LogP contribution < -0.4 is 30.8 Å². The van der Waals surface area contributed by atoms with E-state index in [0.717, 1.165) is 12.1 Å². The van der Waals surface area contributed by atoms with Gasteiger partial charge >= 0.3 is 0 Å². The first-order chi connectivity index (χ1) is 19.7. The van der Waals surface area contributed by atoms with Gasteiger partial charge in [-0.3, -0.25) is 14.4 Å². The molecule has 0 saturated heterocycles. The first-order valence-electron chi connectivity index (χ1n) is 12.8. The molecule has 4 radical (unpaired) electrons. The number of hydrogen-bond acceptors (Lipinski definition) is 8. The highest BCUT2D eigenvalue weighted by atomic mass is 16.5. The fraction of sp³-hybridized carbons (Fsp3) is 0.269. The number of aromatic nitrogens is 6. The van der Waals surface area contributed by atoms with Crippen LogP contribution in [0.5, 0.6) is 5.75 Å². The van der Waals surface area contributed by atoms with Crippen LogP contribution in [0.1, 0.15) is 33.8 Å². The summed E-state index contributed by atoms with van der Waals surface area (Å²) in [6.45, 7) is 1.43. The van der Waals surface area contributed by atoms with Crippen LogP contribution in [0.15, 0.2) is 48.8 Å².